The Labute approximate surface area is 137 Å². The van der Waals surface area contributed by atoms with Gasteiger partial charge in [0.05, 0.1) is 17.9 Å². The lowest BCUT2D eigenvalue weighted by Crippen LogP contribution is -2.53. The first-order valence-corrected chi connectivity index (χ1v) is 8.21. The Balaban J connectivity index is 2.10. The molecule has 2 aliphatic rings. The Kier molecular flexibility index (Phi) is 4.98. The maximum atomic E-state index is 12.8. The first-order chi connectivity index (χ1) is 10.6. The molecule has 2 fully saturated rings. The van der Waals surface area contributed by atoms with Gasteiger partial charge in [0.2, 0.25) is 17.7 Å². The van der Waals surface area contributed by atoms with Crippen molar-refractivity contribution in [2.45, 2.75) is 39.7 Å². The van der Waals surface area contributed by atoms with Crippen LogP contribution in [0.2, 0.25) is 0 Å². The number of rotatable bonds is 4. The molecule has 0 saturated carbocycles. The lowest BCUT2D eigenvalue weighted by molar-refractivity contribution is -0.141. The number of hydrogen-bond donors (Lipinski definition) is 2. The third-order valence-corrected chi connectivity index (χ3v) is 4.69. The molecule has 23 heavy (non-hydrogen) atoms. The highest BCUT2D eigenvalue weighted by molar-refractivity contribution is 5.88. The fourth-order valence-corrected chi connectivity index (χ4v) is 3.65. The lowest BCUT2D eigenvalue weighted by atomic mass is 9.93. The third-order valence-electron chi connectivity index (χ3n) is 4.69. The Morgan fingerprint density at radius 1 is 1.13 bits per heavy atom. The molecule has 2 heterocycles. The maximum absolute atomic E-state index is 12.8. The lowest BCUT2D eigenvalue weighted by Gasteiger charge is -2.39. The van der Waals surface area contributed by atoms with Gasteiger partial charge in [0.25, 0.3) is 0 Å². The highest BCUT2D eigenvalue weighted by atomic mass is 16.2. The second kappa shape index (κ2) is 6.47. The Morgan fingerprint density at radius 3 is 2.09 bits per heavy atom. The summed E-state index contributed by atoms with van der Waals surface area (Å²) in [5, 5.41) is 0. The zero-order valence-electron chi connectivity index (χ0n) is 14.2. The van der Waals surface area contributed by atoms with Crippen molar-refractivity contribution in [3.63, 3.8) is 0 Å². The first-order valence-electron chi connectivity index (χ1n) is 8.21. The highest BCUT2D eigenvalue weighted by Gasteiger charge is 2.45. The van der Waals surface area contributed by atoms with E-state index in [-0.39, 0.29) is 17.4 Å². The van der Waals surface area contributed by atoms with Gasteiger partial charge in [-0.15, -0.1) is 0 Å². The standard InChI is InChI=1S/C16H28N4O3/c1-16(2,3)9-19-6-4-5-12(15(19)23)20-7-10(13(17)21)11(8-20)14(18)22/h10-12H,4-9H2,1-3H3,(H2,17,21)(H2,18,22). The maximum Gasteiger partial charge on any atom is 0.239 e. The quantitative estimate of drug-likeness (QED) is 0.729. The van der Waals surface area contributed by atoms with Crippen molar-refractivity contribution in [1.82, 2.24) is 9.80 Å². The van der Waals surface area contributed by atoms with Crippen LogP contribution in [0.3, 0.4) is 0 Å². The van der Waals surface area contributed by atoms with Crippen LogP contribution in [0, 0.1) is 17.3 Å². The average molecular weight is 324 g/mol. The molecule has 0 bridgehead atoms. The van der Waals surface area contributed by atoms with E-state index in [4.69, 9.17) is 11.5 Å². The zero-order valence-corrected chi connectivity index (χ0v) is 14.2. The van der Waals surface area contributed by atoms with E-state index in [1.807, 2.05) is 9.80 Å². The summed E-state index contributed by atoms with van der Waals surface area (Å²) in [5.74, 6) is -2.16. The van der Waals surface area contributed by atoms with Crippen LogP contribution < -0.4 is 11.5 Å². The van der Waals surface area contributed by atoms with Crippen LogP contribution in [0.15, 0.2) is 0 Å². The van der Waals surface area contributed by atoms with Gasteiger partial charge in [-0.25, -0.2) is 0 Å². The molecule has 0 aromatic heterocycles. The molecule has 7 nitrogen and oxygen atoms in total. The number of primary amides is 2. The minimum absolute atomic E-state index is 0.0358. The third kappa shape index (κ3) is 4.02. The summed E-state index contributed by atoms with van der Waals surface area (Å²) in [4.78, 5) is 39.7. The van der Waals surface area contributed by atoms with E-state index in [0.29, 0.717) is 19.6 Å². The van der Waals surface area contributed by atoms with Crippen molar-refractivity contribution in [1.29, 1.82) is 0 Å². The second-order valence-corrected chi connectivity index (χ2v) is 7.95. The van der Waals surface area contributed by atoms with Crippen molar-refractivity contribution in [2.24, 2.45) is 28.7 Å². The zero-order chi connectivity index (χ0) is 17.4. The Bertz CT molecular complexity index is 478. The number of amides is 3. The molecule has 0 aromatic rings. The molecule has 4 N–H and O–H groups in total. The number of hydrogen-bond acceptors (Lipinski definition) is 4. The molecule has 3 amide bonds. The monoisotopic (exact) mass is 324 g/mol. The minimum Gasteiger partial charge on any atom is -0.369 e. The molecule has 2 rings (SSSR count). The van der Waals surface area contributed by atoms with Crippen LogP contribution in [-0.2, 0) is 14.4 Å². The van der Waals surface area contributed by atoms with Crippen molar-refractivity contribution < 1.29 is 14.4 Å². The summed E-state index contributed by atoms with van der Waals surface area (Å²) < 4.78 is 0. The van der Waals surface area contributed by atoms with Crippen LogP contribution >= 0.6 is 0 Å². The molecule has 3 unspecified atom stereocenters. The van der Waals surface area contributed by atoms with Gasteiger partial charge in [-0.3, -0.25) is 19.3 Å². The fraction of sp³-hybridized carbons (Fsp3) is 0.812. The molecular formula is C16H28N4O3. The predicted octanol–water partition coefficient (Wildman–Crippen LogP) is -0.458. The van der Waals surface area contributed by atoms with Gasteiger partial charge in [-0.2, -0.15) is 0 Å². The van der Waals surface area contributed by atoms with E-state index in [1.165, 1.54) is 0 Å². The van der Waals surface area contributed by atoms with Crippen molar-refractivity contribution in [3.05, 3.63) is 0 Å². The van der Waals surface area contributed by atoms with E-state index in [2.05, 4.69) is 20.8 Å². The van der Waals surface area contributed by atoms with Gasteiger partial charge in [0, 0.05) is 26.2 Å². The van der Waals surface area contributed by atoms with E-state index < -0.39 is 23.7 Å². The number of piperidine rings is 1. The van der Waals surface area contributed by atoms with Gasteiger partial charge in [0.15, 0.2) is 0 Å². The van der Waals surface area contributed by atoms with Crippen molar-refractivity contribution in [2.75, 3.05) is 26.2 Å². The fourth-order valence-electron chi connectivity index (χ4n) is 3.65. The topological polar surface area (TPSA) is 110 Å². The number of likely N-dealkylation sites (tertiary alicyclic amines) is 2. The summed E-state index contributed by atoms with van der Waals surface area (Å²) in [6.07, 6.45) is 1.67. The van der Waals surface area contributed by atoms with Crippen LogP contribution in [-0.4, -0.2) is 59.7 Å². The highest BCUT2D eigenvalue weighted by Crippen LogP contribution is 2.29. The molecule has 0 aliphatic carbocycles. The van der Waals surface area contributed by atoms with E-state index in [0.717, 1.165) is 19.4 Å². The summed E-state index contributed by atoms with van der Waals surface area (Å²) in [5.41, 5.74) is 10.8. The van der Waals surface area contributed by atoms with E-state index in [1.54, 1.807) is 0 Å². The normalized spacial score (nSPS) is 29.8. The SMILES string of the molecule is CC(C)(C)CN1CCCC(N2CC(C(N)=O)C(C(N)=O)C2)C1=O. The Hall–Kier alpha value is -1.63. The smallest absolute Gasteiger partial charge is 0.239 e. The molecule has 3 atom stereocenters. The molecule has 2 aliphatic heterocycles. The summed E-state index contributed by atoms with van der Waals surface area (Å²) in [6.45, 7) is 8.45. The average Bonchev–Trinajstić information content (AvgIpc) is 2.85. The van der Waals surface area contributed by atoms with Crippen LogP contribution in [0.4, 0.5) is 0 Å². The van der Waals surface area contributed by atoms with Gasteiger partial charge >= 0.3 is 0 Å². The number of nitrogens with zero attached hydrogens (tertiary/aromatic N) is 2. The molecule has 0 spiro atoms. The van der Waals surface area contributed by atoms with Crippen molar-refractivity contribution >= 4 is 17.7 Å². The molecule has 130 valence electrons. The largest absolute Gasteiger partial charge is 0.369 e. The molecule has 0 radical (unpaired) electrons. The molecule has 2 saturated heterocycles. The molecular weight excluding hydrogens is 296 g/mol. The van der Waals surface area contributed by atoms with E-state index in [9.17, 15) is 14.4 Å². The molecule has 0 aromatic carbocycles. The van der Waals surface area contributed by atoms with Gasteiger partial charge in [0.1, 0.15) is 0 Å². The number of carbonyl (C=O) groups is 3. The predicted molar refractivity (Wildman–Crippen MR) is 86.0 cm³/mol. The number of nitrogens with two attached hydrogens (primary N) is 2. The summed E-state index contributed by atoms with van der Waals surface area (Å²) in [6, 6.07) is -0.280. The molecule has 7 heteroatoms. The first kappa shape index (κ1) is 17.7. The van der Waals surface area contributed by atoms with Gasteiger partial charge in [-0.05, 0) is 18.3 Å². The van der Waals surface area contributed by atoms with Crippen molar-refractivity contribution in [3.8, 4) is 0 Å². The Morgan fingerprint density at radius 2 is 1.65 bits per heavy atom. The minimum atomic E-state index is -0.599. The summed E-state index contributed by atoms with van der Waals surface area (Å²) >= 11 is 0. The van der Waals surface area contributed by atoms with Gasteiger partial charge in [-0.1, -0.05) is 20.8 Å². The van der Waals surface area contributed by atoms with Crippen LogP contribution in [0.5, 0.6) is 0 Å². The van der Waals surface area contributed by atoms with Gasteiger partial charge < -0.3 is 16.4 Å². The van der Waals surface area contributed by atoms with Crippen LogP contribution in [0.25, 0.3) is 0 Å². The van der Waals surface area contributed by atoms with Crippen LogP contribution in [0.1, 0.15) is 33.6 Å². The second-order valence-electron chi connectivity index (χ2n) is 7.95. The number of carbonyl (C=O) groups excluding carboxylic acids is 3. The summed E-state index contributed by atoms with van der Waals surface area (Å²) in [7, 11) is 0. The van der Waals surface area contributed by atoms with E-state index >= 15 is 0 Å².